The number of carboxylic acids is 1. The standard InChI is InChI=1S/C8H13F2NO2/c9-8(10)5-11(6-8)4-2-1-3-7(12)13/h1-6H2,(H,12,13). The molecule has 0 saturated carbocycles. The lowest BCUT2D eigenvalue weighted by atomic mass is 10.1. The van der Waals surface area contributed by atoms with Crippen LogP contribution in [0.5, 0.6) is 0 Å². The number of unbranched alkanes of at least 4 members (excludes halogenated alkanes) is 1. The monoisotopic (exact) mass is 193 g/mol. The van der Waals surface area contributed by atoms with Crippen molar-refractivity contribution in [2.45, 2.75) is 25.2 Å². The predicted molar refractivity (Wildman–Crippen MR) is 42.9 cm³/mol. The van der Waals surface area contributed by atoms with E-state index in [4.69, 9.17) is 5.11 Å². The minimum Gasteiger partial charge on any atom is -0.481 e. The van der Waals surface area contributed by atoms with Crippen molar-refractivity contribution in [2.75, 3.05) is 19.6 Å². The lowest BCUT2D eigenvalue weighted by molar-refractivity contribution is -0.138. The Kier molecular flexibility index (Phi) is 3.19. The van der Waals surface area contributed by atoms with Crippen molar-refractivity contribution >= 4 is 5.97 Å². The van der Waals surface area contributed by atoms with E-state index < -0.39 is 11.9 Å². The van der Waals surface area contributed by atoms with Crippen molar-refractivity contribution < 1.29 is 18.7 Å². The Labute approximate surface area is 75.3 Å². The maximum atomic E-state index is 12.3. The number of nitrogens with zero attached hydrogens (tertiary/aromatic N) is 1. The summed E-state index contributed by atoms with van der Waals surface area (Å²) in [5.41, 5.74) is 0. The number of rotatable bonds is 5. The van der Waals surface area contributed by atoms with Gasteiger partial charge in [0.2, 0.25) is 0 Å². The highest BCUT2D eigenvalue weighted by Gasteiger charge is 2.42. The summed E-state index contributed by atoms with van der Waals surface area (Å²) in [6.07, 6.45) is 1.38. The molecule has 5 heteroatoms. The van der Waals surface area contributed by atoms with Crippen molar-refractivity contribution in [1.82, 2.24) is 4.90 Å². The average Bonchev–Trinajstić information content (AvgIpc) is 1.93. The summed E-state index contributed by atoms with van der Waals surface area (Å²) in [5.74, 6) is -3.33. The number of carboxylic acid groups (broad SMARTS) is 1. The fourth-order valence-corrected chi connectivity index (χ4v) is 1.38. The van der Waals surface area contributed by atoms with Gasteiger partial charge in [0.1, 0.15) is 0 Å². The van der Waals surface area contributed by atoms with Gasteiger partial charge >= 0.3 is 5.97 Å². The summed E-state index contributed by atoms with van der Waals surface area (Å²) in [5, 5.41) is 8.30. The van der Waals surface area contributed by atoms with Gasteiger partial charge in [-0.05, 0) is 19.4 Å². The normalized spacial score (nSPS) is 21.1. The first kappa shape index (κ1) is 10.4. The van der Waals surface area contributed by atoms with Gasteiger partial charge in [0.15, 0.2) is 0 Å². The number of hydrogen-bond donors (Lipinski definition) is 1. The van der Waals surface area contributed by atoms with Crippen molar-refractivity contribution in [3.05, 3.63) is 0 Å². The summed E-state index contributed by atoms with van der Waals surface area (Å²) >= 11 is 0. The molecule has 76 valence electrons. The van der Waals surface area contributed by atoms with E-state index in [0.717, 1.165) is 0 Å². The van der Waals surface area contributed by atoms with Crippen molar-refractivity contribution in [3.63, 3.8) is 0 Å². The summed E-state index contributed by atoms with van der Waals surface area (Å²) in [6.45, 7) is 0.253. The Hall–Kier alpha value is -0.710. The van der Waals surface area contributed by atoms with Gasteiger partial charge in [-0.2, -0.15) is 0 Å². The van der Waals surface area contributed by atoms with E-state index in [9.17, 15) is 13.6 Å². The minimum absolute atomic E-state index is 0.129. The molecule has 1 aliphatic heterocycles. The highest BCUT2D eigenvalue weighted by molar-refractivity contribution is 5.66. The van der Waals surface area contributed by atoms with Crippen LogP contribution in [0.3, 0.4) is 0 Å². The van der Waals surface area contributed by atoms with Gasteiger partial charge in [-0.1, -0.05) is 0 Å². The van der Waals surface area contributed by atoms with Crippen LogP contribution in [0.15, 0.2) is 0 Å². The van der Waals surface area contributed by atoms with E-state index in [2.05, 4.69) is 0 Å². The zero-order chi connectivity index (χ0) is 9.90. The van der Waals surface area contributed by atoms with Gasteiger partial charge in [-0.25, -0.2) is 8.78 Å². The van der Waals surface area contributed by atoms with Gasteiger partial charge in [0.25, 0.3) is 5.92 Å². The molecule has 1 saturated heterocycles. The van der Waals surface area contributed by atoms with Crippen molar-refractivity contribution in [1.29, 1.82) is 0 Å². The predicted octanol–water partition coefficient (Wildman–Crippen LogP) is 1.19. The molecule has 3 nitrogen and oxygen atoms in total. The lowest BCUT2D eigenvalue weighted by Gasteiger charge is -2.38. The molecule has 0 aliphatic carbocycles. The average molecular weight is 193 g/mol. The van der Waals surface area contributed by atoms with Gasteiger partial charge in [-0.15, -0.1) is 0 Å². The van der Waals surface area contributed by atoms with Gasteiger partial charge < -0.3 is 5.11 Å². The van der Waals surface area contributed by atoms with Crippen LogP contribution in [0.2, 0.25) is 0 Å². The molecule has 1 fully saturated rings. The van der Waals surface area contributed by atoms with Crippen molar-refractivity contribution in [3.8, 4) is 0 Å². The summed E-state index contributed by atoms with van der Waals surface area (Å²) in [7, 11) is 0. The van der Waals surface area contributed by atoms with Gasteiger partial charge in [0.05, 0.1) is 13.1 Å². The molecule has 0 aromatic carbocycles. The number of halogens is 2. The van der Waals surface area contributed by atoms with E-state index in [1.54, 1.807) is 4.90 Å². The number of likely N-dealkylation sites (tertiary alicyclic amines) is 1. The first-order valence-electron chi connectivity index (χ1n) is 4.32. The molecule has 1 rings (SSSR count). The molecule has 1 heterocycles. The quantitative estimate of drug-likeness (QED) is 0.667. The smallest absolute Gasteiger partial charge is 0.303 e. The number of carbonyl (C=O) groups is 1. The molecule has 0 radical (unpaired) electrons. The van der Waals surface area contributed by atoms with Crippen LogP contribution in [-0.2, 0) is 4.79 Å². The third kappa shape index (κ3) is 3.67. The van der Waals surface area contributed by atoms with E-state index in [1.807, 2.05) is 0 Å². The molecule has 1 N–H and O–H groups in total. The topological polar surface area (TPSA) is 40.5 Å². The minimum atomic E-state index is -2.51. The molecule has 0 aromatic rings. The van der Waals surface area contributed by atoms with E-state index in [0.29, 0.717) is 19.4 Å². The highest BCUT2D eigenvalue weighted by Crippen LogP contribution is 2.26. The largest absolute Gasteiger partial charge is 0.481 e. The van der Waals surface area contributed by atoms with E-state index >= 15 is 0 Å². The van der Waals surface area contributed by atoms with Crippen LogP contribution in [0.4, 0.5) is 8.78 Å². The number of hydrogen-bond acceptors (Lipinski definition) is 2. The third-order valence-electron chi connectivity index (χ3n) is 2.02. The zero-order valence-electron chi connectivity index (χ0n) is 7.30. The summed E-state index contributed by atoms with van der Waals surface area (Å²) < 4.78 is 24.6. The second kappa shape index (κ2) is 4.00. The first-order chi connectivity index (χ1) is 5.99. The molecule has 0 bridgehead atoms. The Morgan fingerprint density at radius 2 is 2.00 bits per heavy atom. The van der Waals surface area contributed by atoms with Gasteiger partial charge in [-0.3, -0.25) is 9.69 Å². The van der Waals surface area contributed by atoms with Crippen LogP contribution in [0.25, 0.3) is 0 Å². The van der Waals surface area contributed by atoms with Crippen molar-refractivity contribution in [2.24, 2.45) is 0 Å². The Bertz CT molecular complexity index is 189. The maximum absolute atomic E-state index is 12.3. The number of aliphatic carboxylic acids is 1. The van der Waals surface area contributed by atoms with Crippen LogP contribution in [-0.4, -0.2) is 41.5 Å². The third-order valence-corrected chi connectivity index (χ3v) is 2.02. The molecule has 1 aliphatic rings. The summed E-state index contributed by atoms with van der Waals surface area (Å²) in [6, 6.07) is 0. The molecular weight excluding hydrogens is 180 g/mol. The van der Waals surface area contributed by atoms with Crippen LogP contribution in [0, 0.1) is 0 Å². The Morgan fingerprint density at radius 3 is 2.46 bits per heavy atom. The zero-order valence-corrected chi connectivity index (χ0v) is 7.30. The highest BCUT2D eigenvalue weighted by atomic mass is 19.3. The first-order valence-corrected chi connectivity index (χ1v) is 4.32. The molecule has 0 atom stereocenters. The second-order valence-electron chi connectivity index (χ2n) is 3.42. The molecule has 0 aromatic heterocycles. The lowest BCUT2D eigenvalue weighted by Crippen LogP contribution is -2.56. The Balaban J connectivity index is 1.94. The van der Waals surface area contributed by atoms with E-state index in [1.165, 1.54) is 0 Å². The molecular formula is C8H13F2NO2. The van der Waals surface area contributed by atoms with E-state index in [-0.39, 0.29) is 19.5 Å². The maximum Gasteiger partial charge on any atom is 0.303 e. The molecule has 0 unspecified atom stereocenters. The fraction of sp³-hybridized carbons (Fsp3) is 0.875. The molecule has 0 spiro atoms. The van der Waals surface area contributed by atoms with Gasteiger partial charge in [0, 0.05) is 6.42 Å². The molecule has 13 heavy (non-hydrogen) atoms. The Morgan fingerprint density at radius 1 is 1.38 bits per heavy atom. The second-order valence-corrected chi connectivity index (χ2v) is 3.42. The van der Waals surface area contributed by atoms with Crippen LogP contribution in [0.1, 0.15) is 19.3 Å². The summed E-state index contributed by atoms with van der Waals surface area (Å²) in [4.78, 5) is 11.7. The fourth-order valence-electron chi connectivity index (χ4n) is 1.38. The van der Waals surface area contributed by atoms with Crippen LogP contribution < -0.4 is 0 Å². The van der Waals surface area contributed by atoms with Crippen LogP contribution >= 0.6 is 0 Å². The SMILES string of the molecule is O=C(O)CCCCN1CC(F)(F)C1. The molecule has 0 amide bonds. The number of alkyl halides is 2.